The molecule has 8 nitrogen and oxygen atoms in total. The van der Waals surface area contributed by atoms with Crippen LogP contribution in [0.4, 0.5) is 0 Å². The van der Waals surface area contributed by atoms with Crippen molar-refractivity contribution in [2.75, 3.05) is 0 Å². The molecule has 0 atom stereocenters. The van der Waals surface area contributed by atoms with Gasteiger partial charge >= 0.3 is 0 Å². The number of rotatable bonds is 3. The lowest BCUT2D eigenvalue weighted by Gasteiger charge is -2.01. The monoisotopic (exact) mass is 291 g/mol. The van der Waals surface area contributed by atoms with E-state index in [-0.39, 0.29) is 17.0 Å². The zero-order valence-electron chi connectivity index (χ0n) is 11.3. The highest BCUT2D eigenvalue weighted by Crippen LogP contribution is 2.14. The third kappa shape index (κ3) is 2.09. The predicted octanol–water partition coefficient (Wildman–Crippen LogP) is 0.548. The second-order valence-corrected chi connectivity index (χ2v) is 5.60. The summed E-state index contributed by atoms with van der Waals surface area (Å²) in [6.45, 7) is 4.42. The lowest BCUT2D eigenvalue weighted by atomic mass is 10.2. The molecular formula is C11H13N7OS. The zero-order chi connectivity index (χ0) is 14.3. The number of aromatic nitrogens is 7. The Labute approximate surface area is 118 Å². The van der Waals surface area contributed by atoms with Crippen LogP contribution >= 0.6 is 11.5 Å². The Bertz CT molecular complexity index is 816. The van der Waals surface area contributed by atoms with Gasteiger partial charge in [-0.3, -0.25) is 9.36 Å². The molecule has 0 N–H and O–H groups in total. The summed E-state index contributed by atoms with van der Waals surface area (Å²) in [5, 5.41) is 8.41. The Morgan fingerprint density at radius 3 is 2.90 bits per heavy atom. The highest BCUT2D eigenvalue weighted by molar-refractivity contribution is 7.05. The second kappa shape index (κ2) is 4.75. The van der Waals surface area contributed by atoms with Crippen molar-refractivity contribution in [1.82, 2.24) is 33.9 Å². The van der Waals surface area contributed by atoms with E-state index >= 15 is 0 Å². The van der Waals surface area contributed by atoms with Gasteiger partial charge in [-0.1, -0.05) is 19.1 Å². The summed E-state index contributed by atoms with van der Waals surface area (Å²) in [5.74, 6) is 1.07. The minimum absolute atomic E-state index is 0.218. The van der Waals surface area contributed by atoms with Gasteiger partial charge in [0.1, 0.15) is 17.2 Å². The summed E-state index contributed by atoms with van der Waals surface area (Å²) in [6.07, 6.45) is 1.49. The average Bonchev–Trinajstić information content (AvgIpc) is 3.01. The molecule has 0 spiro atoms. The Hall–Kier alpha value is -2.16. The molecule has 3 aromatic rings. The lowest BCUT2D eigenvalue weighted by Crippen LogP contribution is -2.21. The van der Waals surface area contributed by atoms with Crippen LogP contribution in [0.15, 0.2) is 11.1 Å². The highest BCUT2D eigenvalue weighted by Gasteiger charge is 2.12. The molecule has 0 radical (unpaired) electrons. The van der Waals surface area contributed by atoms with Gasteiger partial charge in [0.2, 0.25) is 0 Å². The van der Waals surface area contributed by atoms with Gasteiger partial charge in [0, 0.05) is 13.0 Å². The molecule has 0 saturated carbocycles. The highest BCUT2D eigenvalue weighted by atomic mass is 32.1. The van der Waals surface area contributed by atoms with Crippen LogP contribution in [-0.2, 0) is 13.6 Å². The van der Waals surface area contributed by atoms with Crippen molar-refractivity contribution in [3.05, 3.63) is 27.5 Å². The van der Waals surface area contributed by atoms with Crippen LogP contribution in [-0.4, -0.2) is 33.9 Å². The first kappa shape index (κ1) is 12.9. The molecule has 0 unspecified atom stereocenters. The molecule has 3 aromatic heterocycles. The summed E-state index contributed by atoms with van der Waals surface area (Å²) < 4.78 is 7.22. The van der Waals surface area contributed by atoms with Gasteiger partial charge in [-0.25, -0.2) is 14.6 Å². The molecule has 104 valence electrons. The van der Waals surface area contributed by atoms with Gasteiger partial charge in [-0.2, -0.15) is 4.37 Å². The van der Waals surface area contributed by atoms with Crippen LogP contribution in [0.25, 0.3) is 11.2 Å². The quantitative estimate of drug-likeness (QED) is 0.699. The third-order valence-corrected chi connectivity index (χ3v) is 3.60. The fourth-order valence-electron chi connectivity index (χ4n) is 1.77. The normalized spacial score (nSPS) is 11.6. The van der Waals surface area contributed by atoms with Crippen molar-refractivity contribution in [1.29, 1.82) is 0 Å². The van der Waals surface area contributed by atoms with Crippen LogP contribution in [0, 0.1) is 0 Å². The van der Waals surface area contributed by atoms with E-state index in [1.165, 1.54) is 27.1 Å². The summed E-state index contributed by atoms with van der Waals surface area (Å²) in [7, 11) is 1.70. The van der Waals surface area contributed by atoms with E-state index in [4.69, 9.17) is 0 Å². The Balaban J connectivity index is 1.98. The molecule has 0 amide bonds. The van der Waals surface area contributed by atoms with Crippen LogP contribution in [0.5, 0.6) is 0 Å². The van der Waals surface area contributed by atoms with Crippen molar-refractivity contribution in [2.24, 2.45) is 7.05 Å². The molecule has 0 saturated heterocycles. The van der Waals surface area contributed by atoms with Gasteiger partial charge < -0.3 is 0 Å². The average molecular weight is 291 g/mol. The molecule has 3 heterocycles. The van der Waals surface area contributed by atoms with Crippen molar-refractivity contribution in [3.8, 4) is 0 Å². The molecule has 9 heteroatoms. The van der Waals surface area contributed by atoms with Gasteiger partial charge in [-0.15, -0.1) is 5.10 Å². The van der Waals surface area contributed by atoms with E-state index in [0.717, 1.165) is 10.8 Å². The standard InChI is InChI=1S/C11H13N7OS/c1-6(2)9-13-7(20-15-9)4-18-5-12-10-8(11(18)19)14-16-17(10)3/h5-6H,4H2,1-3H3. The maximum absolute atomic E-state index is 12.3. The fourth-order valence-corrected chi connectivity index (χ4v) is 2.55. The fraction of sp³-hybridized carbons (Fsp3) is 0.455. The number of fused-ring (bicyclic) bond motifs is 1. The first-order valence-corrected chi connectivity index (χ1v) is 6.91. The van der Waals surface area contributed by atoms with Crippen molar-refractivity contribution < 1.29 is 0 Å². The van der Waals surface area contributed by atoms with Crippen LogP contribution in [0.3, 0.4) is 0 Å². The molecule has 0 aliphatic carbocycles. The van der Waals surface area contributed by atoms with E-state index in [0.29, 0.717) is 12.2 Å². The second-order valence-electron chi connectivity index (χ2n) is 4.76. The third-order valence-electron chi connectivity index (χ3n) is 2.89. The van der Waals surface area contributed by atoms with E-state index < -0.39 is 0 Å². The summed E-state index contributed by atoms with van der Waals surface area (Å²) in [5.41, 5.74) is 0.527. The molecule has 0 aliphatic heterocycles. The molecule has 20 heavy (non-hydrogen) atoms. The Kier molecular flexibility index (Phi) is 3.05. The SMILES string of the molecule is CC(C)c1nsc(Cn2cnc3c(nnn3C)c2=O)n1. The Morgan fingerprint density at radius 1 is 1.40 bits per heavy atom. The van der Waals surface area contributed by atoms with Crippen LogP contribution in [0.2, 0.25) is 0 Å². The summed E-state index contributed by atoms with van der Waals surface area (Å²) >= 11 is 1.30. The first-order chi connectivity index (χ1) is 9.56. The molecule has 0 aliphatic rings. The largest absolute Gasteiger partial charge is 0.290 e. The maximum Gasteiger partial charge on any atom is 0.283 e. The van der Waals surface area contributed by atoms with E-state index in [1.54, 1.807) is 7.05 Å². The molecule has 0 bridgehead atoms. The minimum atomic E-state index is -0.218. The van der Waals surface area contributed by atoms with E-state index in [1.807, 2.05) is 13.8 Å². The predicted molar refractivity (Wildman–Crippen MR) is 73.7 cm³/mol. The number of hydrogen-bond acceptors (Lipinski definition) is 7. The lowest BCUT2D eigenvalue weighted by molar-refractivity contribution is 0.718. The molecular weight excluding hydrogens is 278 g/mol. The van der Waals surface area contributed by atoms with Crippen molar-refractivity contribution in [2.45, 2.75) is 26.3 Å². The van der Waals surface area contributed by atoms with Gasteiger partial charge in [0.25, 0.3) is 5.56 Å². The topological polar surface area (TPSA) is 91.4 Å². The number of aryl methyl sites for hydroxylation is 1. The van der Waals surface area contributed by atoms with Gasteiger partial charge in [0.15, 0.2) is 11.2 Å². The summed E-state index contributed by atoms with van der Waals surface area (Å²) in [6, 6.07) is 0. The summed E-state index contributed by atoms with van der Waals surface area (Å²) in [4.78, 5) is 20.9. The minimum Gasteiger partial charge on any atom is -0.290 e. The zero-order valence-corrected chi connectivity index (χ0v) is 12.1. The molecule has 0 fully saturated rings. The maximum atomic E-state index is 12.3. The molecule has 0 aromatic carbocycles. The van der Waals surface area contributed by atoms with Crippen LogP contribution < -0.4 is 5.56 Å². The first-order valence-electron chi connectivity index (χ1n) is 6.13. The van der Waals surface area contributed by atoms with Gasteiger partial charge in [0.05, 0.1) is 6.54 Å². The number of hydrogen-bond donors (Lipinski definition) is 0. The van der Waals surface area contributed by atoms with Crippen molar-refractivity contribution in [3.63, 3.8) is 0 Å². The Morgan fingerprint density at radius 2 is 2.20 bits per heavy atom. The molecule has 3 rings (SSSR count). The van der Waals surface area contributed by atoms with E-state index in [2.05, 4.69) is 24.7 Å². The van der Waals surface area contributed by atoms with E-state index in [9.17, 15) is 4.79 Å². The number of nitrogens with zero attached hydrogens (tertiary/aromatic N) is 7. The van der Waals surface area contributed by atoms with Crippen LogP contribution in [0.1, 0.15) is 30.6 Å². The van der Waals surface area contributed by atoms with Gasteiger partial charge in [-0.05, 0) is 11.5 Å². The van der Waals surface area contributed by atoms with Crippen molar-refractivity contribution >= 4 is 22.7 Å². The smallest absolute Gasteiger partial charge is 0.283 e.